The van der Waals surface area contributed by atoms with E-state index >= 15 is 0 Å². The van der Waals surface area contributed by atoms with Crippen LogP contribution in [0, 0.1) is 0 Å². The zero-order valence-corrected chi connectivity index (χ0v) is 14.9. The van der Waals surface area contributed by atoms with Crippen LogP contribution in [0.15, 0.2) is 23.7 Å². The fourth-order valence-electron chi connectivity index (χ4n) is 2.79. The largest absolute Gasteiger partial charge is 0.355 e. The number of hydrogen-bond donors (Lipinski definition) is 2. The van der Waals surface area contributed by atoms with Crippen LogP contribution in [0.5, 0.6) is 0 Å². The molecule has 1 saturated carbocycles. The van der Waals surface area contributed by atoms with Gasteiger partial charge >= 0.3 is 0 Å². The third-order valence-corrected chi connectivity index (χ3v) is 4.07. The second-order valence-corrected chi connectivity index (χ2v) is 5.66. The highest BCUT2D eigenvalue weighted by Gasteiger charge is 2.34. The van der Waals surface area contributed by atoms with Crippen molar-refractivity contribution in [3.05, 3.63) is 18.7 Å². The van der Waals surface area contributed by atoms with E-state index in [-0.39, 0.29) is 24.0 Å². The van der Waals surface area contributed by atoms with Gasteiger partial charge in [-0.2, -0.15) is 0 Å². The lowest BCUT2D eigenvalue weighted by Gasteiger charge is -2.18. The second-order valence-electron chi connectivity index (χ2n) is 5.66. The van der Waals surface area contributed by atoms with Crippen LogP contribution in [0.2, 0.25) is 0 Å². The smallest absolute Gasteiger partial charge is 0.191 e. The molecule has 1 aromatic rings. The number of aromatic nitrogens is 2. The molecule has 1 unspecified atom stereocenters. The Kier molecular flexibility index (Phi) is 6.28. The number of guanidine groups is 1. The van der Waals surface area contributed by atoms with Crippen molar-refractivity contribution < 1.29 is 0 Å². The molecular formula is C14H25IN6. The van der Waals surface area contributed by atoms with E-state index in [4.69, 9.17) is 0 Å². The van der Waals surface area contributed by atoms with E-state index < -0.39 is 0 Å². The molecule has 1 aliphatic heterocycles. The lowest BCUT2D eigenvalue weighted by Crippen LogP contribution is -2.45. The highest BCUT2D eigenvalue weighted by atomic mass is 127. The van der Waals surface area contributed by atoms with Gasteiger partial charge in [-0.05, 0) is 19.3 Å². The molecule has 0 spiro atoms. The van der Waals surface area contributed by atoms with Crippen molar-refractivity contribution in [3.63, 3.8) is 0 Å². The Bertz CT molecular complexity index is 442. The Hall–Kier alpha value is -0.830. The zero-order chi connectivity index (χ0) is 13.8. The SMILES string of the molecule is CN=C(NCCn1ccnc1)NC1CCN(C2CC2)C1.I. The van der Waals surface area contributed by atoms with E-state index in [1.54, 1.807) is 6.20 Å². The van der Waals surface area contributed by atoms with Crippen LogP contribution in [-0.4, -0.2) is 59.2 Å². The van der Waals surface area contributed by atoms with Gasteiger partial charge in [0.15, 0.2) is 5.96 Å². The Morgan fingerprint density at radius 3 is 2.90 bits per heavy atom. The van der Waals surface area contributed by atoms with Gasteiger partial charge in [0.05, 0.1) is 6.33 Å². The Labute approximate surface area is 143 Å². The predicted octanol–water partition coefficient (Wildman–Crippen LogP) is 0.903. The third kappa shape index (κ3) is 4.84. The molecule has 6 nitrogen and oxygen atoms in total. The first-order valence-corrected chi connectivity index (χ1v) is 7.52. The fraction of sp³-hybridized carbons (Fsp3) is 0.714. The van der Waals surface area contributed by atoms with E-state index in [1.165, 1.54) is 25.8 Å². The molecule has 2 heterocycles. The molecule has 3 rings (SSSR count). The topological polar surface area (TPSA) is 57.5 Å². The first-order valence-electron chi connectivity index (χ1n) is 7.52. The summed E-state index contributed by atoms with van der Waals surface area (Å²) >= 11 is 0. The van der Waals surface area contributed by atoms with Crippen molar-refractivity contribution in [2.45, 2.75) is 37.9 Å². The summed E-state index contributed by atoms with van der Waals surface area (Å²) < 4.78 is 2.06. The Balaban J connectivity index is 0.00000161. The molecule has 0 bridgehead atoms. The Morgan fingerprint density at radius 1 is 1.38 bits per heavy atom. The lowest BCUT2D eigenvalue weighted by molar-refractivity contribution is 0.321. The van der Waals surface area contributed by atoms with Crippen molar-refractivity contribution in [1.29, 1.82) is 0 Å². The summed E-state index contributed by atoms with van der Waals surface area (Å²) in [4.78, 5) is 11.0. The number of rotatable bonds is 5. The first kappa shape index (κ1) is 16.5. The van der Waals surface area contributed by atoms with Gasteiger partial charge in [0.25, 0.3) is 0 Å². The number of likely N-dealkylation sites (tertiary alicyclic amines) is 1. The summed E-state index contributed by atoms with van der Waals surface area (Å²) in [5.74, 6) is 0.910. The average Bonchev–Trinajstić information content (AvgIpc) is 2.99. The predicted molar refractivity (Wildman–Crippen MR) is 95.1 cm³/mol. The molecule has 7 heteroatoms. The van der Waals surface area contributed by atoms with Crippen molar-refractivity contribution >= 4 is 29.9 Å². The molecule has 1 atom stereocenters. The lowest BCUT2D eigenvalue weighted by atomic mass is 10.3. The van der Waals surface area contributed by atoms with Gasteiger partial charge in [-0.25, -0.2) is 4.98 Å². The van der Waals surface area contributed by atoms with E-state index in [9.17, 15) is 0 Å². The number of nitrogens with zero attached hydrogens (tertiary/aromatic N) is 4. The summed E-state index contributed by atoms with van der Waals surface area (Å²) in [5.41, 5.74) is 0. The van der Waals surface area contributed by atoms with Gasteiger partial charge in [-0.15, -0.1) is 24.0 Å². The molecule has 1 saturated heterocycles. The van der Waals surface area contributed by atoms with Crippen LogP contribution < -0.4 is 10.6 Å². The van der Waals surface area contributed by atoms with Gasteiger partial charge in [0.1, 0.15) is 0 Å². The molecule has 1 aliphatic carbocycles. The molecular weight excluding hydrogens is 379 g/mol. The number of hydrogen-bond acceptors (Lipinski definition) is 3. The molecule has 0 aromatic carbocycles. The summed E-state index contributed by atoms with van der Waals surface area (Å²) in [7, 11) is 1.83. The quantitative estimate of drug-likeness (QED) is 0.435. The average molecular weight is 404 g/mol. The van der Waals surface area contributed by atoms with E-state index in [0.29, 0.717) is 6.04 Å². The number of aliphatic imine (C=N–C) groups is 1. The maximum atomic E-state index is 4.31. The summed E-state index contributed by atoms with van der Waals surface area (Å²) in [6.45, 7) is 4.15. The molecule has 21 heavy (non-hydrogen) atoms. The Morgan fingerprint density at radius 2 is 2.24 bits per heavy atom. The molecule has 2 fully saturated rings. The highest BCUT2D eigenvalue weighted by molar-refractivity contribution is 14.0. The van der Waals surface area contributed by atoms with Crippen molar-refractivity contribution in [1.82, 2.24) is 25.1 Å². The maximum Gasteiger partial charge on any atom is 0.191 e. The molecule has 0 amide bonds. The summed E-state index contributed by atoms with van der Waals surface area (Å²) in [6.07, 6.45) is 9.62. The molecule has 118 valence electrons. The van der Waals surface area contributed by atoms with Crippen LogP contribution in [0.1, 0.15) is 19.3 Å². The fourth-order valence-corrected chi connectivity index (χ4v) is 2.79. The van der Waals surface area contributed by atoms with Gasteiger partial charge in [-0.1, -0.05) is 0 Å². The number of nitrogens with one attached hydrogen (secondary N) is 2. The van der Waals surface area contributed by atoms with Crippen LogP contribution in [-0.2, 0) is 6.54 Å². The zero-order valence-electron chi connectivity index (χ0n) is 12.5. The van der Waals surface area contributed by atoms with E-state index in [1.807, 2.05) is 19.6 Å². The van der Waals surface area contributed by atoms with Crippen LogP contribution >= 0.6 is 24.0 Å². The molecule has 2 N–H and O–H groups in total. The van der Waals surface area contributed by atoms with Crippen LogP contribution in [0.25, 0.3) is 0 Å². The molecule has 1 aromatic heterocycles. The minimum absolute atomic E-state index is 0. The van der Waals surface area contributed by atoms with Gasteiger partial charge < -0.3 is 15.2 Å². The van der Waals surface area contributed by atoms with Gasteiger partial charge in [-0.3, -0.25) is 9.89 Å². The molecule has 2 aliphatic rings. The van der Waals surface area contributed by atoms with Crippen molar-refractivity contribution in [3.8, 4) is 0 Å². The van der Waals surface area contributed by atoms with Gasteiger partial charge in [0, 0.05) is 57.7 Å². The monoisotopic (exact) mass is 404 g/mol. The number of imidazole rings is 1. The van der Waals surface area contributed by atoms with Crippen molar-refractivity contribution in [2.75, 3.05) is 26.7 Å². The van der Waals surface area contributed by atoms with E-state index in [2.05, 4.69) is 30.1 Å². The summed E-state index contributed by atoms with van der Waals surface area (Å²) in [5, 5.41) is 6.90. The maximum absolute atomic E-state index is 4.31. The standard InChI is InChI=1S/C14H24N6.HI/c1-15-14(17-6-9-19-8-5-16-11-19)18-12-4-7-20(10-12)13-2-3-13;/h5,8,11-13H,2-4,6-7,9-10H2,1H3,(H2,15,17,18);1H. The first-order chi connectivity index (χ1) is 9.85. The van der Waals surface area contributed by atoms with Crippen LogP contribution in [0.3, 0.4) is 0 Å². The number of halogens is 1. The van der Waals surface area contributed by atoms with Gasteiger partial charge in [0.2, 0.25) is 0 Å². The van der Waals surface area contributed by atoms with Crippen LogP contribution in [0.4, 0.5) is 0 Å². The summed E-state index contributed by atoms with van der Waals surface area (Å²) in [6, 6.07) is 1.41. The normalized spacial score (nSPS) is 22.9. The second kappa shape index (κ2) is 7.98. The van der Waals surface area contributed by atoms with Crippen molar-refractivity contribution in [2.24, 2.45) is 4.99 Å². The highest BCUT2D eigenvalue weighted by Crippen LogP contribution is 2.29. The minimum atomic E-state index is 0. The minimum Gasteiger partial charge on any atom is -0.355 e. The van der Waals surface area contributed by atoms with E-state index in [0.717, 1.165) is 31.6 Å². The molecule has 0 radical (unpaired) electrons. The third-order valence-electron chi connectivity index (χ3n) is 4.07.